The molecule has 118 valence electrons. The van der Waals surface area contributed by atoms with Gasteiger partial charge in [0.1, 0.15) is 5.75 Å². The summed E-state index contributed by atoms with van der Waals surface area (Å²) in [4.78, 5) is 6.21. The van der Waals surface area contributed by atoms with Crippen molar-refractivity contribution < 1.29 is 14.6 Å². The molecule has 6 nitrogen and oxygen atoms in total. The van der Waals surface area contributed by atoms with E-state index in [1.54, 1.807) is 7.11 Å². The maximum Gasteiger partial charge on any atom is 0.191 e. The highest BCUT2D eigenvalue weighted by Gasteiger charge is 2.13. The second-order valence-electron chi connectivity index (χ2n) is 4.59. The van der Waals surface area contributed by atoms with E-state index < -0.39 is 6.10 Å². The van der Waals surface area contributed by atoms with Crippen LogP contribution in [0.3, 0.4) is 0 Å². The molecule has 1 fully saturated rings. The summed E-state index contributed by atoms with van der Waals surface area (Å²) in [5.41, 5.74) is 6.71. The minimum atomic E-state index is -0.666. The molecule has 1 aromatic carbocycles. The fraction of sp³-hybridized carbons (Fsp3) is 0.500. The summed E-state index contributed by atoms with van der Waals surface area (Å²) >= 11 is 0. The molecule has 2 rings (SSSR count). The van der Waals surface area contributed by atoms with E-state index in [4.69, 9.17) is 15.2 Å². The van der Waals surface area contributed by atoms with Gasteiger partial charge in [-0.1, -0.05) is 12.1 Å². The van der Waals surface area contributed by atoms with Crippen LogP contribution in [0, 0.1) is 0 Å². The Labute approximate surface area is 142 Å². The molecular formula is C14H22IN3O3. The molecule has 0 aromatic heterocycles. The lowest BCUT2D eigenvalue weighted by Gasteiger charge is -2.27. The zero-order chi connectivity index (χ0) is 14.4. The predicted molar refractivity (Wildman–Crippen MR) is 92.3 cm³/mol. The molecule has 1 saturated heterocycles. The van der Waals surface area contributed by atoms with Crippen LogP contribution in [0.1, 0.15) is 11.7 Å². The molecular weight excluding hydrogens is 385 g/mol. The Bertz CT molecular complexity index is 447. The Hall–Kier alpha value is -1.06. The first-order chi connectivity index (χ1) is 9.70. The smallest absolute Gasteiger partial charge is 0.191 e. The standard InChI is InChI=1S/C14H21N3O3.HI/c1-19-12-4-2-11(3-5-12)13(18)10-16-14(15)17-6-8-20-9-7-17;/h2-5,13,18H,6-10H2,1H3,(H2,15,16);1H. The van der Waals surface area contributed by atoms with Gasteiger partial charge in [0.2, 0.25) is 0 Å². The number of hydrogen-bond acceptors (Lipinski definition) is 4. The lowest BCUT2D eigenvalue weighted by Crippen LogP contribution is -2.45. The summed E-state index contributed by atoms with van der Waals surface area (Å²) in [5, 5.41) is 10.1. The van der Waals surface area contributed by atoms with Crippen LogP contribution in [0.2, 0.25) is 0 Å². The van der Waals surface area contributed by atoms with Crippen LogP contribution in [-0.4, -0.2) is 55.9 Å². The second kappa shape index (κ2) is 9.06. The molecule has 0 bridgehead atoms. The number of rotatable bonds is 4. The van der Waals surface area contributed by atoms with E-state index in [1.807, 2.05) is 29.2 Å². The van der Waals surface area contributed by atoms with Crippen molar-refractivity contribution in [1.82, 2.24) is 4.90 Å². The fourth-order valence-corrected chi connectivity index (χ4v) is 2.00. The number of aliphatic imine (C=N–C) groups is 1. The number of benzene rings is 1. The summed E-state index contributed by atoms with van der Waals surface area (Å²) in [6.45, 7) is 3.06. The lowest BCUT2D eigenvalue weighted by atomic mass is 10.1. The molecule has 0 spiro atoms. The third-order valence-electron chi connectivity index (χ3n) is 3.26. The molecule has 1 aliphatic heterocycles. The van der Waals surface area contributed by atoms with Gasteiger partial charge < -0.3 is 25.2 Å². The third-order valence-corrected chi connectivity index (χ3v) is 3.26. The van der Waals surface area contributed by atoms with Gasteiger partial charge in [0.05, 0.1) is 33.0 Å². The number of nitrogens with two attached hydrogens (primary N) is 1. The van der Waals surface area contributed by atoms with Crippen LogP contribution in [0.15, 0.2) is 29.3 Å². The van der Waals surface area contributed by atoms with Gasteiger partial charge in [-0.3, -0.25) is 4.99 Å². The van der Waals surface area contributed by atoms with Crippen molar-refractivity contribution >= 4 is 29.9 Å². The summed E-state index contributed by atoms with van der Waals surface area (Å²) in [6, 6.07) is 7.27. The van der Waals surface area contributed by atoms with Crippen LogP contribution in [-0.2, 0) is 4.74 Å². The van der Waals surface area contributed by atoms with Gasteiger partial charge in [0, 0.05) is 13.1 Å². The van der Waals surface area contributed by atoms with Crippen LogP contribution in [0.5, 0.6) is 5.75 Å². The molecule has 0 saturated carbocycles. The molecule has 1 aliphatic rings. The summed E-state index contributed by atoms with van der Waals surface area (Å²) in [7, 11) is 1.61. The average molecular weight is 407 g/mol. The average Bonchev–Trinajstić information content (AvgIpc) is 2.53. The van der Waals surface area contributed by atoms with Gasteiger partial charge >= 0.3 is 0 Å². The van der Waals surface area contributed by atoms with Gasteiger partial charge in [-0.15, -0.1) is 24.0 Å². The van der Waals surface area contributed by atoms with Crippen molar-refractivity contribution in [3.05, 3.63) is 29.8 Å². The molecule has 1 heterocycles. The SMILES string of the molecule is COc1ccc(C(O)CN=C(N)N2CCOCC2)cc1.I. The van der Waals surface area contributed by atoms with Crippen molar-refractivity contribution in [2.24, 2.45) is 10.7 Å². The fourth-order valence-electron chi connectivity index (χ4n) is 2.00. The Morgan fingerprint density at radius 3 is 2.57 bits per heavy atom. The molecule has 0 radical (unpaired) electrons. The number of halogens is 1. The Kier molecular flexibility index (Phi) is 7.76. The second-order valence-corrected chi connectivity index (χ2v) is 4.59. The number of aliphatic hydroxyl groups excluding tert-OH is 1. The highest BCUT2D eigenvalue weighted by Crippen LogP contribution is 2.17. The van der Waals surface area contributed by atoms with Crippen molar-refractivity contribution in [3.8, 4) is 5.75 Å². The quantitative estimate of drug-likeness (QED) is 0.442. The van der Waals surface area contributed by atoms with Crippen molar-refractivity contribution in [2.45, 2.75) is 6.10 Å². The van der Waals surface area contributed by atoms with Gasteiger partial charge in [0.15, 0.2) is 5.96 Å². The molecule has 0 amide bonds. The van der Waals surface area contributed by atoms with Crippen molar-refractivity contribution in [3.63, 3.8) is 0 Å². The first-order valence-corrected chi connectivity index (χ1v) is 6.65. The molecule has 7 heteroatoms. The maximum atomic E-state index is 10.1. The number of morpholine rings is 1. The number of aliphatic hydroxyl groups is 1. The van der Waals surface area contributed by atoms with E-state index in [-0.39, 0.29) is 30.5 Å². The number of guanidine groups is 1. The van der Waals surface area contributed by atoms with E-state index in [0.717, 1.165) is 24.4 Å². The zero-order valence-electron chi connectivity index (χ0n) is 12.1. The van der Waals surface area contributed by atoms with Gasteiger partial charge in [0.25, 0.3) is 0 Å². The number of ether oxygens (including phenoxy) is 2. The molecule has 21 heavy (non-hydrogen) atoms. The molecule has 1 aromatic rings. The normalized spacial score (nSPS) is 17.0. The van der Waals surface area contributed by atoms with Crippen LogP contribution < -0.4 is 10.5 Å². The Morgan fingerprint density at radius 1 is 1.38 bits per heavy atom. The largest absolute Gasteiger partial charge is 0.497 e. The van der Waals surface area contributed by atoms with E-state index in [1.165, 1.54) is 0 Å². The van der Waals surface area contributed by atoms with Crippen molar-refractivity contribution in [2.75, 3.05) is 40.0 Å². The molecule has 1 atom stereocenters. The highest BCUT2D eigenvalue weighted by atomic mass is 127. The van der Waals surface area contributed by atoms with E-state index in [0.29, 0.717) is 19.2 Å². The third kappa shape index (κ3) is 5.33. The highest BCUT2D eigenvalue weighted by molar-refractivity contribution is 14.0. The van der Waals surface area contributed by atoms with Crippen molar-refractivity contribution in [1.29, 1.82) is 0 Å². The van der Waals surface area contributed by atoms with Gasteiger partial charge in [-0.25, -0.2) is 0 Å². The first kappa shape index (κ1) is 18.0. The predicted octanol–water partition coefficient (Wildman–Crippen LogP) is 0.994. The van der Waals surface area contributed by atoms with E-state index >= 15 is 0 Å². The monoisotopic (exact) mass is 407 g/mol. The minimum absolute atomic E-state index is 0. The van der Waals surface area contributed by atoms with E-state index in [9.17, 15) is 5.11 Å². The zero-order valence-corrected chi connectivity index (χ0v) is 14.4. The summed E-state index contributed by atoms with van der Waals surface area (Å²) < 4.78 is 10.3. The van der Waals surface area contributed by atoms with Crippen LogP contribution >= 0.6 is 24.0 Å². The molecule has 3 N–H and O–H groups in total. The van der Waals surface area contributed by atoms with Crippen LogP contribution in [0.4, 0.5) is 0 Å². The molecule has 1 unspecified atom stereocenters. The van der Waals surface area contributed by atoms with Gasteiger partial charge in [-0.2, -0.15) is 0 Å². The Balaban J connectivity index is 0.00000220. The topological polar surface area (TPSA) is 80.3 Å². The summed E-state index contributed by atoms with van der Waals surface area (Å²) in [5.74, 6) is 1.22. The minimum Gasteiger partial charge on any atom is -0.497 e. The summed E-state index contributed by atoms with van der Waals surface area (Å²) in [6.07, 6.45) is -0.666. The van der Waals surface area contributed by atoms with Crippen LogP contribution in [0.25, 0.3) is 0 Å². The number of hydrogen-bond donors (Lipinski definition) is 2. The number of nitrogens with zero attached hydrogens (tertiary/aromatic N) is 2. The first-order valence-electron chi connectivity index (χ1n) is 6.65. The van der Waals surface area contributed by atoms with E-state index in [2.05, 4.69) is 4.99 Å². The molecule has 0 aliphatic carbocycles. The lowest BCUT2D eigenvalue weighted by molar-refractivity contribution is 0.0672. The maximum absolute atomic E-state index is 10.1. The number of methoxy groups -OCH3 is 1. The Morgan fingerprint density at radius 2 is 2.00 bits per heavy atom. The van der Waals surface area contributed by atoms with Gasteiger partial charge in [-0.05, 0) is 17.7 Å².